The number of H-pyrrole nitrogens is 1. The molecule has 25 heavy (non-hydrogen) atoms. The Labute approximate surface area is 151 Å². The summed E-state index contributed by atoms with van der Waals surface area (Å²) in [5.74, 6) is 0.419. The summed E-state index contributed by atoms with van der Waals surface area (Å²) in [5, 5.41) is 0. The van der Waals surface area contributed by atoms with Crippen LogP contribution in [0, 0.1) is 19.8 Å². The first-order chi connectivity index (χ1) is 11.9. The Bertz CT molecular complexity index is 813. The molecule has 1 aliphatic heterocycles. The van der Waals surface area contributed by atoms with Crippen LogP contribution >= 0.6 is 11.3 Å². The maximum absolute atomic E-state index is 12.6. The highest BCUT2D eigenvalue weighted by molar-refractivity contribution is 7.09. The van der Waals surface area contributed by atoms with E-state index in [0.717, 1.165) is 38.3 Å². The van der Waals surface area contributed by atoms with E-state index in [2.05, 4.69) is 21.9 Å². The maximum Gasteiger partial charge on any atom is 0.254 e. The van der Waals surface area contributed by atoms with Crippen LogP contribution in [-0.2, 0) is 6.54 Å². The molecule has 3 heterocycles. The van der Waals surface area contributed by atoms with Gasteiger partial charge in [0.2, 0.25) is 5.56 Å². The van der Waals surface area contributed by atoms with Gasteiger partial charge in [-0.15, -0.1) is 11.3 Å². The highest BCUT2D eigenvalue weighted by Crippen LogP contribution is 2.21. The molecule has 1 unspecified atom stereocenters. The summed E-state index contributed by atoms with van der Waals surface area (Å²) in [7, 11) is 2.11. The Morgan fingerprint density at radius 1 is 1.44 bits per heavy atom. The number of hydrogen-bond acceptors (Lipinski definition) is 5. The molecule has 3 rings (SSSR count). The Kier molecular flexibility index (Phi) is 5.34. The van der Waals surface area contributed by atoms with Crippen molar-refractivity contribution in [2.75, 3.05) is 26.7 Å². The molecule has 1 aliphatic rings. The van der Waals surface area contributed by atoms with E-state index in [0.29, 0.717) is 17.2 Å². The van der Waals surface area contributed by atoms with Crippen molar-refractivity contribution >= 4 is 17.2 Å². The summed E-state index contributed by atoms with van der Waals surface area (Å²) >= 11 is 1.69. The normalized spacial score (nSPS) is 17.4. The van der Waals surface area contributed by atoms with Crippen molar-refractivity contribution in [3.8, 4) is 0 Å². The lowest BCUT2D eigenvalue weighted by Crippen LogP contribution is -2.32. The van der Waals surface area contributed by atoms with Gasteiger partial charge in [0.05, 0.1) is 11.2 Å². The lowest BCUT2D eigenvalue weighted by atomic mass is 10.1. The van der Waals surface area contributed by atoms with Gasteiger partial charge in [-0.1, -0.05) is 0 Å². The molecule has 134 valence electrons. The van der Waals surface area contributed by atoms with E-state index in [1.54, 1.807) is 24.3 Å². The van der Waals surface area contributed by atoms with E-state index in [1.165, 1.54) is 10.9 Å². The molecular formula is C18H24N4O2S. The van der Waals surface area contributed by atoms with Gasteiger partial charge in [0.25, 0.3) is 5.91 Å². The van der Waals surface area contributed by atoms with Crippen LogP contribution in [0.3, 0.4) is 0 Å². The number of thiazole rings is 1. The number of aryl methyl sites for hydroxylation is 2. The molecule has 1 saturated heterocycles. The third kappa shape index (κ3) is 4.35. The number of nitrogens with zero attached hydrogens (tertiary/aromatic N) is 3. The van der Waals surface area contributed by atoms with Gasteiger partial charge < -0.3 is 14.8 Å². The Morgan fingerprint density at radius 3 is 2.92 bits per heavy atom. The predicted molar refractivity (Wildman–Crippen MR) is 99.0 cm³/mol. The fourth-order valence-corrected chi connectivity index (χ4v) is 4.24. The zero-order valence-corrected chi connectivity index (χ0v) is 15.7. The third-order valence-corrected chi connectivity index (χ3v) is 5.55. The van der Waals surface area contributed by atoms with Crippen molar-refractivity contribution in [2.45, 2.75) is 26.8 Å². The summed E-state index contributed by atoms with van der Waals surface area (Å²) in [6, 6.07) is 3.14. The zero-order chi connectivity index (χ0) is 18.0. The number of likely N-dealkylation sites (tertiary alicyclic amines) is 1. The van der Waals surface area contributed by atoms with Gasteiger partial charge in [-0.05, 0) is 39.3 Å². The minimum Gasteiger partial charge on any atom is -0.338 e. The topological polar surface area (TPSA) is 69.3 Å². The second kappa shape index (κ2) is 7.49. The van der Waals surface area contributed by atoms with Crippen molar-refractivity contribution < 1.29 is 4.79 Å². The monoisotopic (exact) mass is 360 g/mol. The van der Waals surface area contributed by atoms with Crippen molar-refractivity contribution in [1.29, 1.82) is 0 Å². The van der Waals surface area contributed by atoms with Gasteiger partial charge in [0, 0.05) is 48.4 Å². The van der Waals surface area contributed by atoms with Crippen LogP contribution in [0.2, 0.25) is 0 Å². The average molecular weight is 360 g/mol. The van der Waals surface area contributed by atoms with Gasteiger partial charge in [-0.3, -0.25) is 9.59 Å². The van der Waals surface area contributed by atoms with E-state index >= 15 is 0 Å². The molecule has 7 heteroatoms. The summed E-state index contributed by atoms with van der Waals surface area (Å²) < 4.78 is 0. The average Bonchev–Trinajstić information content (AvgIpc) is 3.15. The molecule has 0 radical (unpaired) electrons. The molecule has 0 spiro atoms. The molecule has 0 aliphatic carbocycles. The zero-order valence-electron chi connectivity index (χ0n) is 14.9. The van der Waals surface area contributed by atoms with Crippen molar-refractivity contribution in [3.63, 3.8) is 0 Å². The number of pyridine rings is 1. The van der Waals surface area contributed by atoms with Crippen molar-refractivity contribution in [2.24, 2.45) is 5.92 Å². The first kappa shape index (κ1) is 17.8. The maximum atomic E-state index is 12.6. The van der Waals surface area contributed by atoms with Crippen molar-refractivity contribution in [1.82, 2.24) is 19.8 Å². The molecule has 1 fully saturated rings. The molecule has 0 bridgehead atoms. The quantitative estimate of drug-likeness (QED) is 0.886. The first-order valence-electron chi connectivity index (χ1n) is 8.50. The predicted octanol–water partition coefficient (Wildman–Crippen LogP) is 2.04. The number of amides is 1. The summed E-state index contributed by atoms with van der Waals surface area (Å²) in [6.07, 6.45) is 1.000. The molecular weight excluding hydrogens is 336 g/mol. The summed E-state index contributed by atoms with van der Waals surface area (Å²) in [6.45, 7) is 7.18. The lowest BCUT2D eigenvalue weighted by Gasteiger charge is -2.21. The Hall–Kier alpha value is -1.99. The van der Waals surface area contributed by atoms with Gasteiger partial charge in [-0.25, -0.2) is 4.98 Å². The van der Waals surface area contributed by atoms with Crippen LogP contribution in [0.15, 0.2) is 22.4 Å². The van der Waals surface area contributed by atoms with Gasteiger partial charge in [0.15, 0.2) is 0 Å². The summed E-state index contributed by atoms with van der Waals surface area (Å²) in [5.41, 5.74) is 3.96. The third-order valence-electron chi connectivity index (χ3n) is 4.63. The van der Waals surface area contributed by atoms with Crippen molar-refractivity contribution in [3.05, 3.63) is 49.8 Å². The number of rotatable bonds is 5. The van der Waals surface area contributed by atoms with E-state index in [1.807, 2.05) is 17.3 Å². The highest BCUT2D eigenvalue weighted by Gasteiger charge is 2.28. The van der Waals surface area contributed by atoms with Crippen LogP contribution in [0.4, 0.5) is 0 Å². The molecule has 2 aromatic heterocycles. The molecule has 6 nitrogen and oxygen atoms in total. The molecule has 1 amide bonds. The second-order valence-corrected chi connectivity index (χ2v) is 7.82. The number of nitrogens with one attached hydrogen (secondary N) is 1. The number of carbonyl (C=O) groups excluding carboxylic acids is 1. The number of aromatic nitrogens is 2. The Balaban J connectivity index is 1.57. The van der Waals surface area contributed by atoms with Crippen LogP contribution in [-0.4, -0.2) is 52.4 Å². The molecule has 1 N–H and O–H groups in total. The fraction of sp³-hybridized carbons (Fsp3) is 0.500. The second-order valence-electron chi connectivity index (χ2n) is 6.88. The largest absolute Gasteiger partial charge is 0.338 e. The minimum absolute atomic E-state index is 0.0438. The fourth-order valence-electron chi connectivity index (χ4n) is 3.38. The standard InChI is InChI=1S/C18H24N4O2S/c1-12-6-15(7-17(23)20-12)18(24)22-5-4-14(9-22)8-21(3)10-16-13(2)19-11-25-16/h6-7,11,14H,4-5,8-10H2,1-3H3,(H,20,23). The Morgan fingerprint density at radius 2 is 2.24 bits per heavy atom. The smallest absolute Gasteiger partial charge is 0.254 e. The number of aromatic amines is 1. The van der Waals surface area contributed by atoms with E-state index in [4.69, 9.17) is 0 Å². The van der Waals surface area contributed by atoms with E-state index < -0.39 is 0 Å². The molecule has 0 aromatic carbocycles. The van der Waals surface area contributed by atoms with Gasteiger partial charge in [0.1, 0.15) is 0 Å². The van der Waals surface area contributed by atoms with Gasteiger partial charge in [-0.2, -0.15) is 0 Å². The first-order valence-corrected chi connectivity index (χ1v) is 9.38. The van der Waals surface area contributed by atoms with Crippen LogP contribution < -0.4 is 5.56 Å². The SMILES string of the molecule is Cc1cc(C(=O)N2CCC(CN(C)Cc3scnc3C)C2)cc(=O)[nH]1. The summed E-state index contributed by atoms with van der Waals surface area (Å²) in [4.78, 5) is 36.7. The molecule has 2 aromatic rings. The highest BCUT2D eigenvalue weighted by atomic mass is 32.1. The van der Waals surface area contributed by atoms with Gasteiger partial charge >= 0.3 is 0 Å². The number of hydrogen-bond donors (Lipinski definition) is 1. The van der Waals surface area contributed by atoms with Crippen LogP contribution in [0.25, 0.3) is 0 Å². The number of carbonyl (C=O) groups is 1. The van der Waals surface area contributed by atoms with Crippen LogP contribution in [0.5, 0.6) is 0 Å². The van der Waals surface area contributed by atoms with E-state index in [9.17, 15) is 9.59 Å². The molecule has 1 atom stereocenters. The van der Waals surface area contributed by atoms with Crippen LogP contribution in [0.1, 0.15) is 33.0 Å². The minimum atomic E-state index is -0.223. The van der Waals surface area contributed by atoms with E-state index in [-0.39, 0.29) is 11.5 Å². The lowest BCUT2D eigenvalue weighted by molar-refractivity contribution is 0.0784. The molecule has 0 saturated carbocycles.